The summed E-state index contributed by atoms with van der Waals surface area (Å²) >= 11 is 0. The highest BCUT2D eigenvalue weighted by molar-refractivity contribution is 5.39. The van der Waals surface area contributed by atoms with Gasteiger partial charge in [0.2, 0.25) is 0 Å². The van der Waals surface area contributed by atoms with Crippen molar-refractivity contribution in [2.24, 2.45) is 11.8 Å². The third-order valence-electron chi connectivity index (χ3n) is 3.51. The average Bonchev–Trinajstić information content (AvgIpc) is 2.64. The van der Waals surface area contributed by atoms with E-state index in [0.29, 0.717) is 6.04 Å². The van der Waals surface area contributed by atoms with Gasteiger partial charge in [-0.25, -0.2) is 0 Å². The number of anilines is 1. The van der Waals surface area contributed by atoms with Gasteiger partial charge in [0.1, 0.15) is 0 Å². The normalized spacial score (nSPS) is 30.3. The van der Waals surface area contributed by atoms with Crippen molar-refractivity contribution in [3.8, 4) is 0 Å². The van der Waals surface area contributed by atoms with Crippen LogP contribution in [0.3, 0.4) is 0 Å². The molecule has 1 aromatic rings. The Morgan fingerprint density at radius 3 is 2.56 bits per heavy atom. The van der Waals surface area contributed by atoms with Crippen LogP contribution in [0.4, 0.5) is 5.69 Å². The predicted octanol–water partition coefficient (Wildman–Crippen LogP) is 3.14. The lowest BCUT2D eigenvalue weighted by Gasteiger charge is -2.32. The molecule has 1 heterocycles. The molecule has 90 valence electrons. The molecule has 0 aromatic carbocycles. The molecular weight excluding hydrogens is 198 g/mol. The number of nitrogens with zero attached hydrogens (tertiary/aromatic N) is 2. The van der Waals surface area contributed by atoms with Crippen LogP contribution in [0.5, 0.6) is 0 Å². The second-order valence-corrected chi connectivity index (χ2v) is 5.34. The van der Waals surface area contributed by atoms with Gasteiger partial charge in [-0.15, -0.1) is 0 Å². The van der Waals surface area contributed by atoms with Crippen molar-refractivity contribution in [3.05, 3.63) is 12.4 Å². The summed E-state index contributed by atoms with van der Waals surface area (Å²) in [6.07, 6.45) is 8.01. The van der Waals surface area contributed by atoms with Crippen molar-refractivity contribution >= 4 is 5.69 Å². The van der Waals surface area contributed by atoms with Gasteiger partial charge in [0.05, 0.1) is 11.9 Å². The first-order valence-electron chi connectivity index (χ1n) is 6.46. The highest BCUT2D eigenvalue weighted by Gasteiger charge is 2.23. The number of hydrogen-bond donors (Lipinski definition) is 1. The van der Waals surface area contributed by atoms with Crippen molar-refractivity contribution in [1.82, 2.24) is 9.78 Å². The van der Waals surface area contributed by atoms with Crippen LogP contribution in [-0.4, -0.2) is 15.8 Å². The zero-order valence-corrected chi connectivity index (χ0v) is 10.6. The monoisotopic (exact) mass is 221 g/mol. The molecule has 1 aliphatic carbocycles. The van der Waals surface area contributed by atoms with Crippen LogP contribution in [0.1, 0.15) is 40.0 Å². The van der Waals surface area contributed by atoms with Gasteiger partial charge in [0, 0.05) is 18.8 Å². The van der Waals surface area contributed by atoms with Gasteiger partial charge < -0.3 is 5.32 Å². The van der Waals surface area contributed by atoms with Gasteiger partial charge in [-0.2, -0.15) is 5.10 Å². The number of hydrogen-bond acceptors (Lipinski definition) is 2. The van der Waals surface area contributed by atoms with Crippen molar-refractivity contribution in [2.45, 2.75) is 52.6 Å². The van der Waals surface area contributed by atoms with Gasteiger partial charge in [-0.3, -0.25) is 4.68 Å². The average molecular weight is 221 g/mol. The first kappa shape index (κ1) is 11.5. The fraction of sp³-hybridized carbons (Fsp3) is 0.769. The summed E-state index contributed by atoms with van der Waals surface area (Å²) in [6, 6.07) is 0.633. The molecular formula is C13H23N3. The van der Waals surface area contributed by atoms with Gasteiger partial charge >= 0.3 is 0 Å². The molecule has 2 rings (SSSR count). The SMILES string of the molecule is CCn1cc(NC2CC(C)CC(C)C2)cn1. The summed E-state index contributed by atoms with van der Waals surface area (Å²) < 4.78 is 1.97. The van der Waals surface area contributed by atoms with Crippen molar-refractivity contribution in [1.29, 1.82) is 0 Å². The molecule has 0 saturated heterocycles. The molecule has 0 aliphatic heterocycles. The van der Waals surface area contributed by atoms with E-state index < -0.39 is 0 Å². The van der Waals surface area contributed by atoms with E-state index in [1.54, 1.807) is 0 Å². The highest BCUT2D eigenvalue weighted by atomic mass is 15.3. The molecule has 0 spiro atoms. The van der Waals surface area contributed by atoms with E-state index in [0.717, 1.165) is 18.4 Å². The number of aryl methyl sites for hydroxylation is 1. The maximum atomic E-state index is 4.29. The summed E-state index contributed by atoms with van der Waals surface area (Å²) in [4.78, 5) is 0. The molecule has 2 atom stereocenters. The largest absolute Gasteiger partial charge is 0.380 e. The second kappa shape index (κ2) is 4.89. The van der Waals surface area contributed by atoms with E-state index in [2.05, 4.69) is 37.4 Å². The molecule has 3 heteroatoms. The van der Waals surface area contributed by atoms with E-state index in [1.165, 1.54) is 24.9 Å². The summed E-state index contributed by atoms with van der Waals surface area (Å²) in [5.41, 5.74) is 1.17. The van der Waals surface area contributed by atoms with Crippen LogP contribution in [-0.2, 0) is 6.54 Å². The van der Waals surface area contributed by atoms with Gasteiger partial charge in [0.15, 0.2) is 0 Å². The molecule has 0 radical (unpaired) electrons. The van der Waals surface area contributed by atoms with Crippen molar-refractivity contribution < 1.29 is 0 Å². The Kier molecular flexibility index (Phi) is 3.52. The molecule has 1 aromatic heterocycles. The van der Waals surface area contributed by atoms with E-state index in [1.807, 2.05) is 10.9 Å². The van der Waals surface area contributed by atoms with Crippen LogP contribution in [0.25, 0.3) is 0 Å². The Hall–Kier alpha value is -0.990. The summed E-state index contributed by atoms with van der Waals surface area (Å²) in [5, 5.41) is 7.91. The molecule has 1 fully saturated rings. The third-order valence-corrected chi connectivity index (χ3v) is 3.51. The molecule has 1 N–H and O–H groups in total. The third kappa shape index (κ3) is 2.77. The first-order chi connectivity index (χ1) is 7.67. The van der Waals surface area contributed by atoms with Gasteiger partial charge in [-0.05, 0) is 38.0 Å². The smallest absolute Gasteiger partial charge is 0.0728 e. The fourth-order valence-corrected chi connectivity index (χ4v) is 2.91. The summed E-state index contributed by atoms with van der Waals surface area (Å²) in [7, 11) is 0. The summed E-state index contributed by atoms with van der Waals surface area (Å²) in [6.45, 7) is 7.78. The molecule has 1 aliphatic rings. The van der Waals surface area contributed by atoms with E-state index in [4.69, 9.17) is 0 Å². The number of rotatable bonds is 3. The lowest BCUT2D eigenvalue weighted by molar-refractivity contribution is 0.281. The van der Waals surface area contributed by atoms with Gasteiger partial charge in [0.25, 0.3) is 0 Å². The zero-order valence-electron chi connectivity index (χ0n) is 10.6. The first-order valence-corrected chi connectivity index (χ1v) is 6.46. The Morgan fingerprint density at radius 1 is 1.31 bits per heavy atom. The standard InChI is InChI=1S/C13H23N3/c1-4-16-9-13(8-14-16)15-12-6-10(2)5-11(3)7-12/h8-12,15H,4-7H2,1-3H3. The lowest BCUT2D eigenvalue weighted by atomic mass is 9.80. The minimum absolute atomic E-state index is 0.633. The lowest BCUT2D eigenvalue weighted by Crippen LogP contribution is -2.30. The minimum atomic E-state index is 0.633. The summed E-state index contributed by atoms with van der Waals surface area (Å²) in [5.74, 6) is 1.70. The quantitative estimate of drug-likeness (QED) is 0.849. The van der Waals surface area contributed by atoms with E-state index >= 15 is 0 Å². The fourth-order valence-electron chi connectivity index (χ4n) is 2.91. The van der Waals surface area contributed by atoms with Crippen LogP contribution in [0, 0.1) is 11.8 Å². The predicted molar refractivity (Wildman–Crippen MR) is 67.5 cm³/mol. The Morgan fingerprint density at radius 2 is 2.00 bits per heavy atom. The minimum Gasteiger partial charge on any atom is -0.380 e. The molecule has 0 amide bonds. The van der Waals surface area contributed by atoms with Crippen LogP contribution in [0.15, 0.2) is 12.4 Å². The van der Waals surface area contributed by atoms with E-state index in [-0.39, 0.29) is 0 Å². The molecule has 1 saturated carbocycles. The molecule has 16 heavy (non-hydrogen) atoms. The maximum Gasteiger partial charge on any atom is 0.0728 e. The molecule has 3 nitrogen and oxygen atoms in total. The molecule has 2 unspecified atom stereocenters. The zero-order chi connectivity index (χ0) is 11.5. The van der Waals surface area contributed by atoms with Crippen LogP contribution in [0.2, 0.25) is 0 Å². The maximum absolute atomic E-state index is 4.29. The van der Waals surface area contributed by atoms with Crippen molar-refractivity contribution in [3.63, 3.8) is 0 Å². The van der Waals surface area contributed by atoms with Crippen LogP contribution >= 0.6 is 0 Å². The second-order valence-electron chi connectivity index (χ2n) is 5.34. The van der Waals surface area contributed by atoms with Crippen molar-refractivity contribution in [2.75, 3.05) is 5.32 Å². The van der Waals surface area contributed by atoms with E-state index in [9.17, 15) is 0 Å². The Bertz CT molecular complexity index is 322. The Labute approximate surface area is 98.2 Å². The molecule has 0 bridgehead atoms. The topological polar surface area (TPSA) is 29.9 Å². The van der Waals surface area contributed by atoms with Gasteiger partial charge in [-0.1, -0.05) is 13.8 Å². The number of nitrogens with one attached hydrogen (secondary N) is 1. The number of aromatic nitrogens is 2. The highest BCUT2D eigenvalue weighted by Crippen LogP contribution is 2.30. The van der Waals surface area contributed by atoms with Crippen LogP contribution < -0.4 is 5.32 Å². The Balaban J connectivity index is 1.93.